The van der Waals surface area contributed by atoms with Crippen LogP contribution in [0.3, 0.4) is 0 Å². The maximum Gasteiger partial charge on any atom is 0.285 e. The number of H-pyrrole nitrogens is 1. The number of rotatable bonds is 3. The molecule has 1 aliphatic rings. The molecule has 0 bridgehead atoms. The highest BCUT2D eigenvalue weighted by Gasteiger charge is 2.32. The first-order chi connectivity index (χ1) is 8.17. The van der Waals surface area contributed by atoms with E-state index in [1.807, 2.05) is 0 Å². The summed E-state index contributed by atoms with van der Waals surface area (Å²) in [6.45, 7) is 1.10. The van der Waals surface area contributed by atoms with Crippen LogP contribution < -0.4 is 10.9 Å². The molecule has 7 heteroatoms. The van der Waals surface area contributed by atoms with E-state index >= 15 is 0 Å². The van der Waals surface area contributed by atoms with E-state index in [0.717, 1.165) is 0 Å². The molecule has 1 saturated heterocycles. The summed E-state index contributed by atoms with van der Waals surface area (Å²) in [4.78, 5) is 11.3. The molecule has 0 amide bonds. The lowest BCUT2D eigenvalue weighted by Crippen LogP contribution is -2.47. The van der Waals surface area contributed by atoms with E-state index in [0.29, 0.717) is 31.7 Å². The molecule has 1 fully saturated rings. The molecular formula is C10H14ClN3O3. The topological polar surface area (TPSA) is 87.2 Å². The monoisotopic (exact) mass is 259 g/mol. The number of nitrogens with zero attached hydrogens (tertiary/aromatic N) is 1. The highest BCUT2D eigenvalue weighted by Crippen LogP contribution is 2.27. The van der Waals surface area contributed by atoms with E-state index in [4.69, 9.17) is 16.3 Å². The Hall–Kier alpha value is -1.11. The molecule has 1 aromatic heterocycles. The van der Waals surface area contributed by atoms with Gasteiger partial charge in [-0.25, -0.2) is 5.10 Å². The Morgan fingerprint density at radius 2 is 2.29 bits per heavy atom. The summed E-state index contributed by atoms with van der Waals surface area (Å²) in [6, 6.07) is 0. The van der Waals surface area contributed by atoms with Crippen LogP contribution in [0.2, 0.25) is 5.02 Å². The van der Waals surface area contributed by atoms with Crippen LogP contribution in [-0.4, -0.2) is 40.7 Å². The van der Waals surface area contributed by atoms with E-state index < -0.39 is 11.1 Å². The van der Waals surface area contributed by atoms with Crippen molar-refractivity contribution in [1.29, 1.82) is 0 Å². The summed E-state index contributed by atoms with van der Waals surface area (Å²) >= 11 is 5.87. The summed E-state index contributed by atoms with van der Waals surface area (Å²) in [5.41, 5.74) is -0.500. The number of hydrogen-bond donors (Lipinski definition) is 3. The molecule has 0 radical (unpaired) electrons. The maximum atomic E-state index is 11.3. The largest absolute Gasteiger partial charge is 0.394 e. The second kappa shape index (κ2) is 5.03. The van der Waals surface area contributed by atoms with Crippen molar-refractivity contribution in [2.75, 3.05) is 25.1 Å². The van der Waals surface area contributed by atoms with Crippen LogP contribution >= 0.6 is 11.6 Å². The zero-order valence-electron chi connectivity index (χ0n) is 9.20. The van der Waals surface area contributed by atoms with E-state index in [9.17, 15) is 9.90 Å². The molecule has 0 aliphatic carbocycles. The Labute approximate surface area is 103 Å². The molecule has 17 heavy (non-hydrogen) atoms. The number of anilines is 1. The SMILES string of the molecule is O=c1[nH]ncc(NC2(CO)CCOCC2)c1Cl. The zero-order valence-corrected chi connectivity index (χ0v) is 9.96. The van der Waals surface area contributed by atoms with Crippen LogP contribution in [0.5, 0.6) is 0 Å². The Morgan fingerprint density at radius 1 is 1.59 bits per heavy atom. The minimum absolute atomic E-state index is 0.0422. The first kappa shape index (κ1) is 12.3. The van der Waals surface area contributed by atoms with Gasteiger partial charge in [0.2, 0.25) is 0 Å². The predicted octanol–water partition coefficient (Wildman–Crippen LogP) is 0.377. The van der Waals surface area contributed by atoms with Gasteiger partial charge >= 0.3 is 0 Å². The molecule has 1 aliphatic heterocycles. The Bertz CT molecular complexity index is 443. The number of aromatic amines is 1. The number of halogens is 1. The van der Waals surface area contributed by atoms with Gasteiger partial charge in [-0.3, -0.25) is 4.79 Å². The van der Waals surface area contributed by atoms with Crippen LogP contribution in [0.15, 0.2) is 11.0 Å². The van der Waals surface area contributed by atoms with Gasteiger partial charge in [-0.1, -0.05) is 11.6 Å². The number of nitrogens with one attached hydrogen (secondary N) is 2. The Balaban J connectivity index is 2.23. The van der Waals surface area contributed by atoms with Crippen LogP contribution in [-0.2, 0) is 4.74 Å². The molecule has 0 unspecified atom stereocenters. The van der Waals surface area contributed by atoms with Gasteiger partial charge in [-0.2, -0.15) is 5.10 Å². The summed E-state index contributed by atoms with van der Waals surface area (Å²) in [6.07, 6.45) is 2.76. The van der Waals surface area contributed by atoms with Gasteiger partial charge in [0.05, 0.1) is 24.0 Å². The molecule has 1 aromatic rings. The summed E-state index contributed by atoms with van der Waals surface area (Å²) in [5.74, 6) is 0. The molecular weight excluding hydrogens is 246 g/mol. The number of aromatic nitrogens is 2. The predicted molar refractivity (Wildman–Crippen MR) is 63.4 cm³/mol. The summed E-state index contributed by atoms with van der Waals surface area (Å²) in [7, 11) is 0. The second-order valence-electron chi connectivity index (χ2n) is 4.10. The molecule has 6 nitrogen and oxygen atoms in total. The molecule has 0 saturated carbocycles. The molecule has 0 spiro atoms. The first-order valence-electron chi connectivity index (χ1n) is 5.37. The van der Waals surface area contributed by atoms with Crippen molar-refractivity contribution < 1.29 is 9.84 Å². The van der Waals surface area contributed by atoms with Crippen LogP contribution in [0.4, 0.5) is 5.69 Å². The highest BCUT2D eigenvalue weighted by molar-refractivity contribution is 6.32. The van der Waals surface area contributed by atoms with Crippen molar-refractivity contribution in [3.8, 4) is 0 Å². The Morgan fingerprint density at radius 3 is 2.94 bits per heavy atom. The fourth-order valence-corrected chi connectivity index (χ4v) is 1.98. The van der Waals surface area contributed by atoms with Crippen molar-refractivity contribution in [1.82, 2.24) is 10.2 Å². The number of aliphatic hydroxyl groups excluding tert-OH is 1. The molecule has 94 valence electrons. The lowest BCUT2D eigenvalue weighted by atomic mass is 9.91. The smallest absolute Gasteiger partial charge is 0.285 e. The molecule has 2 heterocycles. The molecule has 0 aromatic carbocycles. The average Bonchev–Trinajstić information content (AvgIpc) is 2.36. The average molecular weight is 260 g/mol. The van der Waals surface area contributed by atoms with Gasteiger partial charge in [0.1, 0.15) is 5.02 Å². The Kier molecular flexibility index (Phi) is 3.66. The number of ether oxygens (including phenoxy) is 1. The van der Waals surface area contributed by atoms with Gasteiger partial charge in [0, 0.05) is 13.2 Å². The second-order valence-corrected chi connectivity index (χ2v) is 4.48. The van der Waals surface area contributed by atoms with E-state index in [-0.39, 0.29) is 11.6 Å². The summed E-state index contributed by atoms with van der Waals surface area (Å²) in [5, 5.41) is 18.6. The van der Waals surface area contributed by atoms with Crippen LogP contribution in [0, 0.1) is 0 Å². The molecule has 0 atom stereocenters. The van der Waals surface area contributed by atoms with Crippen molar-refractivity contribution in [2.45, 2.75) is 18.4 Å². The van der Waals surface area contributed by atoms with E-state index in [2.05, 4.69) is 15.5 Å². The van der Waals surface area contributed by atoms with Crippen molar-refractivity contribution in [3.63, 3.8) is 0 Å². The maximum absolute atomic E-state index is 11.3. The molecule has 3 N–H and O–H groups in total. The van der Waals surface area contributed by atoms with Gasteiger partial charge in [0.15, 0.2) is 0 Å². The lowest BCUT2D eigenvalue weighted by molar-refractivity contribution is 0.0380. The van der Waals surface area contributed by atoms with Crippen molar-refractivity contribution >= 4 is 17.3 Å². The third-order valence-corrected chi connectivity index (χ3v) is 3.32. The highest BCUT2D eigenvalue weighted by atomic mass is 35.5. The van der Waals surface area contributed by atoms with Gasteiger partial charge in [-0.05, 0) is 12.8 Å². The first-order valence-corrected chi connectivity index (χ1v) is 5.75. The number of hydrogen-bond acceptors (Lipinski definition) is 5. The fourth-order valence-electron chi connectivity index (χ4n) is 1.84. The molecule has 2 rings (SSSR count). The minimum Gasteiger partial charge on any atom is -0.394 e. The summed E-state index contributed by atoms with van der Waals surface area (Å²) < 4.78 is 5.25. The van der Waals surface area contributed by atoms with Crippen molar-refractivity contribution in [3.05, 3.63) is 21.6 Å². The normalized spacial score (nSPS) is 18.9. The quantitative estimate of drug-likeness (QED) is 0.730. The van der Waals surface area contributed by atoms with Crippen molar-refractivity contribution in [2.24, 2.45) is 0 Å². The zero-order chi connectivity index (χ0) is 12.3. The third kappa shape index (κ3) is 2.59. The van der Waals surface area contributed by atoms with Crippen LogP contribution in [0.1, 0.15) is 12.8 Å². The lowest BCUT2D eigenvalue weighted by Gasteiger charge is -2.37. The number of aliphatic hydroxyl groups is 1. The fraction of sp³-hybridized carbons (Fsp3) is 0.600. The van der Waals surface area contributed by atoms with Gasteiger partial charge in [-0.15, -0.1) is 0 Å². The van der Waals surface area contributed by atoms with Gasteiger partial charge < -0.3 is 15.2 Å². The third-order valence-electron chi connectivity index (χ3n) is 2.95. The van der Waals surface area contributed by atoms with E-state index in [1.54, 1.807) is 0 Å². The van der Waals surface area contributed by atoms with E-state index in [1.165, 1.54) is 6.20 Å². The van der Waals surface area contributed by atoms with Crippen LogP contribution in [0.25, 0.3) is 0 Å². The van der Waals surface area contributed by atoms with Gasteiger partial charge in [0.25, 0.3) is 5.56 Å². The minimum atomic E-state index is -0.489. The standard InChI is InChI=1S/C10H14ClN3O3/c11-8-7(5-12-14-9(8)16)13-10(6-15)1-3-17-4-2-10/h5,15H,1-4,6H2,(H2,13,14,16).